The number of carbonyl (C=O) groups excluding carboxylic acids is 3. The van der Waals surface area contributed by atoms with Crippen LogP contribution >= 0.6 is 11.3 Å². The first kappa shape index (κ1) is 20.8. The molecule has 1 unspecified atom stereocenters. The van der Waals surface area contributed by atoms with Crippen LogP contribution in [0.1, 0.15) is 43.1 Å². The molecule has 3 aromatic rings. The maximum atomic E-state index is 13.2. The molecule has 31 heavy (non-hydrogen) atoms. The third-order valence-electron chi connectivity index (χ3n) is 5.34. The van der Waals surface area contributed by atoms with Gasteiger partial charge in [-0.1, -0.05) is 48.5 Å². The molecule has 4 rings (SSSR count). The Labute approximate surface area is 184 Å². The van der Waals surface area contributed by atoms with Crippen LogP contribution in [0.15, 0.2) is 60.7 Å². The number of nitrogens with two attached hydrogens (primary N) is 1. The fraction of sp³-hybridized carbons (Fsp3) is 0.208. The van der Waals surface area contributed by atoms with Gasteiger partial charge in [-0.3, -0.25) is 14.4 Å². The second-order valence-electron chi connectivity index (χ2n) is 7.50. The van der Waals surface area contributed by atoms with E-state index in [0.717, 1.165) is 35.3 Å². The van der Waals surface area contributed by atoms with Crippen LogP contribution in [-0.2, 0) is 24.1 Å². The minimum Gasteiger partial charge on any atom is -0.365 e. The quantitative estimate of drug-likeness (QED) is 0.533. The van der Waals surface area contributed by atoms with Crippen LogP contribution in [0.4, 0.5) is 5.00 Å². The van der Waals surface area contributed by atoms with Gasteiger partial charge in [0.25, 0.3) is 11.8 Å². The lowest BCUT2D eigenvalue weighted by Gasteiger charge is -2.19. The van der Waals surface area contributed by atoms with Gasteiger partial charge in [0, 0.05) is 16.9 Å². The van der Waals surface area contributed by atoms with E-state index in [1.54, 1.807) is 24.3 Å². The van der Waals surface area contributed by atoms with Crippen molar-refractivity contribution in [3.63, 3.8) is 0 Å². The number of hydrogen-bond acceptors (Lipinski definition) is 4. The standard InChI is InChI=1S/C24H23N3O3S/c25-21(28)20-17-12-7-13-19(17)31-24(20)27-23(30)18(14-15-8-3-1-4-9-15)26-22(29)16-10-5-2-6-11-16/h1-6,8-11,18H,7,12-14H2,(H2,25,28)(H,26,29)(H,27,30). The maximum Gasteiger partial charge on any atom is 0.251 e. The zero-order valence-corrected chi connectivity index (χ0v) is 17.7. The Balaban J connectivity index is 1.58. The number of primary amides is 1. The molecule has 2 aromatic carbocycles. The first-order valence-electron chi connectivity index (χ1n) is 10.2. The third kappa shape index (κ3) is 4.67. The van der Waals surface area contributed by atoms with Crippen molar-refractivity contribution >= 4 is 34.1 Å². The Bertz CT molecular complexity index is 1110. The zero-order chi connectivity index (χ0) is 21.8. The van der Waals surface area contributed by atoms with Crippen LogP contribution in [0.5, 0.6) is 0 Å². The number of rotatable bonds is 7. The van der Waals surface area contributed by atoms with Crippen molar-refractivity contribution < 1.29 is 14.4 Å². The van der Waals surface area contributed by atoms with E-state index in [4.69, 9.17) is 5.73 Å². The van der Waals surface area contributed by atoms with Crippen molar-refractivity contribution in [2.45, 2.75) is 31.7 Å². The molecule has 1 heterocycles. The van der Waals surface area contributed by atoms with Crippen LogP contribution in [-0.4, -0.2) is 23.8 Å². The van der Waals surface area contributed by atoms with Crippen molar-refractivity contribution in [1.82, 2.24) is 5.32 Å². The van der Waals surface area contributed by atoms with E-state index in [9.17, 15) is 14.4 Å². The SMILES string of the molecule is NC(=O)c1c(NC(=O)C(Cc2ccccc2)NC(=O)c2ccccc2)sc2c1CCC2. The number of fused-ring (bicyclic) bond motifs is 1. The smallest absolute Gasteiger partial charge is 0.251 e. The molecule has 0 saturated carbocycles. The topological polar surface area (TPSA) is 101 Å². The summed E-state index contributed by atoms with van der Waals surface area (Å²) in [4.78, 5) is 39.1. The highest BCUT2D eigenvalue weighted by Crippen LogP contribution is 2.38. The largest absolute Gasteiger partial charge is 0.365 e. The molecule has 0 fully saturated rings. The molecule has 158 valence electrons. The molecule has 1 atom stereocenters. The predicted molar refractivity (Wildman–Crippen MR) is 121 cm³/mol. The van der Waals surface area contributed by atoms with Crippen LogP contribution in [0.25, 0.3) is 0 Å². The number of nitrogens with one attached hydrogen (secondary N) is 2. The summed E-state index contributed by atoms with van der Waals surface area (Å²) in [6.07, 6.45) is 2.98. The zero-order valence-electron chi connectivity index (χ0n) is 16.9. The maximum absolute atomic E-state index is 13.2. The molecule has 3 amide bonds. The molecule has 7 heteroatoms. The van der Waals surface area contributed by atoms with Crippen LogP contribution in [0.3, 0.4) is 0 Å². The molecule has 0 radical (unpaired) electrons. The van der Waals surface area contributed by atoms with E-state index in [0.29, 0.717) is 22.5 Å². The van der Waals surface area contributed by atoms with E-state index in [1.165, 1.54) is 11.3 Å². The highest BCUT2D eigenvalue weighted by atomic mass is 32.1. The lowest BCUT2D eigenvalue weighted by Crippen LogP contribution is -2.45. The average Bonchev–Trinajstić information content (AvgIpc) is 3.35. The van der Waals surface area contributed by atoms with Crippen molar-refractivity contribution in [2.24, 2.45) is 5.73 Å². The van der Waals surface area contributed by atoms with E-state index in [1.807, 2.05) is 36.4 Å². The Morgan fingerprint density at radius 1 is 0.968 bits per heavy atom. The summed E-state index contributed by atoms with van der Waals surface area (Å²) in [5.74, 6) is -1.25. The minimum atomic E-state index is -0.812. The number of carbonyl (C=O) groups is 3. The van der Waals surface area contributed by atoms with Gasteiger partial charge < -0.3 is 16.4 Å². The predicted octanol–water partition coefficient (Wildman–Crippen LogP) is 3.32. The number of amides is 3. The lowest BCUT2D eigenvalue weighted by atomic mass is 10.0. The first-order chi connectivity index (χ1) is 15.0. The normalized spacial score (nSPS) is 13.3. The summed E-state index contributed by atoms with van der Waals surface area (Å²) in [5, 5.41) is 6.17. The number of aryl methyl sites for hydroxylation is 1. The van der Waals surface area contributed by atoms with E-state index in [-0.39, 0.29) is 11.8 Å². The van der Waals surface area contributed by atoms with Gasteiger partial charge in [0.1, 0.15) is 11.0 Å². The van der Waals surface area contributed by atoms with Crippen LogP contribution < -0.4 is 16.4 Å². The summed E-state index contributed by atoms with van der Waals surface area (Å²) >= 11 is 1.40. The number of hydrogen-bond donors (Lipinski definition) is 3. The highest BCUT2D eigenvalue weighted by molar-refractivity contribution is 7.17. The van der Waals surface area contributed by atoms with Crippen molar-refractivity contribution in [3.8, 4) is 0 Å². The lowest BCUT2D eigenvalue weighted by molar-refractivity contribution is -0.117. The summed E-state index contributed by atoms with van der Waals surface area (Å²) in [6.45, 7) is 0. The van der Waals surface area contributed by atoms with Crippen molar-refractivity contribution in [2.75, 3.05) is 5.32 Å². The van der Waals surface area contributed by atoms with Crippen LogP contribution in [0.2, 0.25) is 0 Å². The summed E-state index contributed by atoms with van der Waals surface area (Å²) in [7, 11) is 0. The molecule has 6 nitrogen and oxygen atoms in total. The van der Waals surface area contributed by atoms with Gasteiger partial charge in [0.05, 0.1) is 5.56 Å². The molecular weight excluding hydrogens is 410 g/mol. The van der Waals surface area contributed by atoms with Gasteiger partial charge >= 0.3 is 0 Å². The second-order valence-corrected chi connectivity index (χ2v) is 8.60. The van der Waals surface area contributed by atoms with Crippen molar-refractivity contribution in [3.05, 3.63) is 87.8 Å². The highest BCUT2D eigenvalue weighted by Gasteiger charge is 2.28. The first-order valence-corrected chi connectivity index (χ1v) is 11.0. The Kier molecular flexibility index (Phi) is 6.13. The van der Waals surface area contributed by atoms with E-state index >= 15 is 0 Å². The van der Waals surface area contributed by atoms with Gasteiger partial charge in [-0.2, -0.15) is 0 Å². The summed E-state index contributed by atoms with van der Waals surface area (Å²) in [5.41, 5.74) is 8.35. The minimum absolute atomic E-state index is 0.322. The number of benzene rings is 2. The van der Waals surface area contributed by atoms with Gasteiger partial charge in [0.15, 0.2) is 0 Å². The molecule has 0 saturated heterocycles. The monoisotopic (exact) mass is 433 g/mol. The summed E-state index contributed by atoms with van der Waals surface area (Å²) < 4.78 is 0. The number of thiophene rings is 1. The van der Waals surface area contributed by atoms with Gasteiger partial charge in [-0.05, 0) is 42.5 Å². The Morgan fingerprint density at radius 2 is 1.65 bits per heavy atom. The van der Waals surface area contributed by atoms with Gasteiger partial charge in [-0.25, -0.2) is 0 Å². The average molecular weight is 434 g/mol. The van der Waals surface area contributed by atoms with E-state index < -0.39 is 11.9 Å². The molecule has 0 aliphatic heterocycles. The molecule has 1 aliphatic rings. The molecule has 1 aromatic heterocycles. The Hall–Kier alpha value is -3.45. The number of anilines is 1. The summed E-state index contributed by atoms with van der Waals surface area (Å²) in [6, 6.07) is 17.4. The fourth-order valence-electron chi connectivity index (χ4n) is 3.84. The van der Waals surface area contributed by atoms with Crippen LogP contribution in [0, 0.1) is 0 Å². The molecule has 4 N–H and O–H groups in total. The van der Waals surface area contributed by atoms with E-state index in [2.05, 4.69) is 10.6 Å². The van der Waals surface area contributed by atoms with Crippen molar-refractivity contribution in [1.29, 1.82) is 0 Å². The van der Waals surface area contributed by atoms with Gasteiger partial charge in [-0.15, -0.1) is 11.3 Å². The third-order valence-corrected chi connectivity index (χ3v) is 6.55. The second kappa shape index (κ2) is 9.14. The molecule has 1 aliphatic carbocycles. The Morgan fingerprint density at radius 3 is 2.32 bits per heavy atom. The fourth-order valence-corrected chi connectivity index (χ4v) is 5.14. The molecular formula is C24H23N3O3S. The molecule has 0 spiro atoms. The van der Waals surface area contributed by atoms with Gasteiger partial charge in [0.2, 0.25) is 5.91 Å². The molecule has 0 bridgehead atoms.